The Morgan fingerprint density at radius 1 is 1.19 bits per heavy atom. The van der Waals surface area contributed by atoms with Crippen LogP contribution in [-0.2, 0) is 9.59 Å². The molecule has 3 aromatic rings. The lowest BCUT2D eigenvalue weighted by atomic mass is 10.1. The summed E-state index contributed by atoms with van der Waals surface area (Å²) in [5, 5.41) is 2.62. The van der Waals surface area contributed by atoms with Crippen LogP contribution in [0.1, 0.15) is 24.1 Å². The second kappa shape index (κ2) is 11.8. The topological polar surface area (TPSA) is 67.9 Å². The van der Waals surface area contributed by atoms with Gasteiger partial charge < -0.3 is 14.8 Å². The minimum absolute atomic E-state index is 0.0448. The average molecular weight is 557 g/mol. The SMILES string of the molecule is COc1cc(/C=C2\SC(=S)N([C@@H](C)c3ccccc3)C2=O)cc(Cl)c1OCC(=O)Nc1ccccc1F. The molecule has 1 saturated heterocycles. The fourth-order valence-electron chi connectivity index (χ4n) is 3.70. The molecule has 0 unspecified atom stereocenters. The molecule has 1 heterocycles. The quantitative estimate of drug-likeness (QED) is 0.253. The summed E-state index contributed by atoms with van der Waals surface area (Å²) in [5.74, 6) is -0.907. The maximum Gasteiger partial charge on any atom is 0.266 e. The Bertz CT molecular complexity index is 1380. The third-order valence-electron chi connectivity index (χ3n) is 5.54. The summed E-state index contributed by atoms with van der Waals surface area (Å²) in [5.41, 5.74) is 1.62. The number of anilines is 1. The number of nitrogens with zero attached hydrogens (tertiary/aromatic N) is 1. The summed E-state index contributed by atoms with van der Waals surface area (Å²) in [6.45, 7) is 1.51. The van der Waals surface area contributed by atoms with Gasteiger partial charge >= 0.3 is 0 Å². The van der Waals surface area contributed by atoms with Crippen molar-refractivity contribution in [2.24, 2.45) is 0 Å². The highest BCUT2D eigenvalue weighted by Crippen LogP contribution is 2.41. The lowest BCUT2D eigenvalue weighted by Crippen LogP contribution is -2.30. The zero-order valence-corrected chi connectivity index (χ0v) is 22.3. The van der Waals surface area contributed by atoms with Gasteiger partial charge in [-0.2, -0.15) is 0 Å². The molecule has 2 amide bonds. The molecule has 0 aromatic heterocycles. The van der Waals surface area contributed by atoms with Crippen molar-refractivity contribution in [2.75, 3.05) is 19.0 Å². The zero-order chi connectivity index (χ0) is 26.5. The van der Waals surface area contributed by atoms with E-state index < -0.39 is 18.3 Å². The number of methoxy groups -OCH3 is 1. The fraction of sp³-hybridized carbons (Fsp3) is 0.148. The molecule has 0 bridgehead atoms. The number of halogens is 2. The Hall–Kier alpha value is -3.40. The molecule has 1 N–H and O–H groups in total. The van der Waals surface area contributed by atoms with Crippen molar-refractivity contribution in [2.45, 2.75) is 13.0 Å². The van der Waals surface area contributed by atoms with Crippen LogP contribution in [0.25, 0.3) is 6.08 Å². The van der Waals surface area contributed by atoms with E-state index >= 15 is 0 Å². The second-order valence-corrected chi connectivity index (χ2v) is 10.1. The Kier molecular flexibility index (Phi) is 8.48. The Morgan fingerprint density at radius 3 is 2.59 bits per heavy atom. The highest BCUT2D eigenvalue weighted by molar-refractivity contribution is 8.26. The summed E-state index contributed by atoms with van der Waals surface area (Å²) >= 11 is 13.1. The maximum absolute atomic E-state index is 13.8. The number of nitrogens with one attached hydrogen (secondary N) is 1. The first-order valence-electron chi connectivity index (χ1n) is 11.1. The van der Waals surface area contributed by atoms with Gasteiger partial charge in [-0.3, -0.25) is 14.5 Å². The molecule has 1 aliphatic rings. The Balaban J connectivity index is 1.49. The number of thiocarbonyl (C=S) groups is 1. The summed E-state index contributed by atoms with van der Waals surface area (Å²) in [7, 11) is 1.43. The molecule has 1 atom stereocenters. The zero-order valence-electron chi connectivity index (χ0n) is 19.9. The summed E-state index contributed by atoms with van der Waals surface area (Å²) in [4.78, 5) is 27.5. The van der Waals surface area contributed by atoms with Crippen LogP contribution in [0, 0.1) is 5.82 Å². The van der Waals surface area contributed by atoms with E-state index in [1.165, 1.54) is 37.1 Å². The minimum atomic E-state index is -0.566. The predicted octanol–water partition coefficient (Wildman–Crippen LogP) is 6.47. The molecule has 3 aromatic carbocycles. The lowest BCUT2D eigenvalue weighted by molar-refractivity contribution is -0.123. The van der Waals surface area contributed by atoms with E-state index in [4.69, 9.17) is 33.3 Å². The predicted molar refractivity (Wildman–Crippen MR) is 148 cm³/mol. The Labute approximate surface area is 228 Å². The number of carbonyl (C=O) groups excluding carboxylic acids is 2. The van der Waals surface area contributed by atoms with Crippen molar-refractivity contribution in [1.29, 1.82) is 0 Å². The van der Waals surface area contributed by atoms with Crippen molar-refractivity contribution < 1.29 is 23.5 Å². The smallest absolute Gasteiger partial charge is 0.266 e. The van der Waals surface area contributed by atoms with E-state index in [-0.39, 0.29) is 34.2 Å². The van der Waals surface area contributed by atoms with E-state index in [9.17, 15) is 14.0 Å². The normalized spacial score (nSPS) is 15.1. The third-order valence-corrected chi connectivity index (χ3v) is 7.15. The molecule has 1 fully saturated rings. The van der Waals surface area contributed by atoms with E-state index in [0.717, 1.165) is 5.56 Å². The molecule has 0 radical (unpaired) electrons. The van der Waals surface area contributed by atoms with Crippen molar-refractivity contribution in [1.82, 2.24) is 4.90 Å². The average Bonchev–Trinajstić information content (AvgIpc) is 3.16. The van der Waals surface area contributed by atoms with Gasteiger partial charge in [-0.25, -0.2) is 4.39 Å². The number of thioether (sulfide) groups is 1. The fourth-order valence-corrected chi connectivity index (χ4v) is 5.39. The second-order valence-electron chi connectivity index (χ2n) is 7.99. The standard InChI is InChI=1S/C27H22ClFN2O4S2/c1-16(18-8-4-3-5-9-18)31-26(33)23(37-27(31)36)14-17-12-19(28)25(22(13-17)34-2)35-15-24(32)30-21-11-7-6-10-20(21)29/h3-14,16H,15H2,1-2H3,(H,30,32)/b23-14-/t16-/m0/s1. The maximum atomic E-state index is 13.8. The largest absolute Gasteiger partial charge is 0.493 e. The number of para-hydroxylation sites is 1. The van der Waals surface area contributed by atoms with Crippen molar-refractivity contribution in [3.63, 3.8) is 0 Å². The van der Waals surface area contributed by atoms with Crippen LogP contribution in [0.4, 0.5) is 10.1 Å². The molecule has 0 spiro atoms. The highest BCUT2D eigenvalue weighted by Gasteiger charge is 2.36. The van der Waals surface area contributed by atoms with Gasteiger partial charge in [0.25, 0.3) is 11.8 Å². The van der Waals surface area contributed by atoms with Crippen LogP contribution in [0.2, 0.25) is 5.02 Å². The van der Waals surface area contributed by atoms with Gasteiger partial charge in [-0.1, -0.05) is 78.0 Å². The Morgan fingerprint density at radius 2 is 1.89 bits per heavy atom. The van der Waals surface area contributed by atoms with Crippen molar-refractivity contribution >= 4 is 63.5 Å². The van der Waals surface area contributed by atoms with Crippen LogP contribution < -0.4 is 14.8 Å². The van der Waals surface area contributed by atoms with E-state index in [2.05, 4.69) is 5.32 Å². The monoisotopic (exact) mass is 556 g/mol. The lowest BCUT2D eigenvalue weighted by Gasteiger charge is -2.23. The van der Waals surface area contributed by atoms with Gasteiger partial charge in [-0.15, -0.1) is 0 Å². The molecule has 1 aliphatic heterocycles. The van der Waals surface area contributed by atoms with Gasteiger partial charge in [0.1, 0.15) is 10.1 Å². The molecule has 0 aliphatic carbocycles. The molecule has 4 rings (SSSR count). The number of hydrogen-bond acceptors (Lipinski definition) is 6. The minimum Gasteiger partial charge on any atom is -0.493 e. The molecule has 6 nitrogen and oxygen atoms in total. The number of rotatable bonds is 8. The van der Waals surface area contributed by atoms with Crippen LogP contribution in [0.15, 0.2) is 71.6 Å². The van der Waals surface area contributed by atoms with Crippen LogP contribution in [0.5, 0.6) is 11.5 Å². The summed E-state index contributed by atoms with van der Waals surface area (Å²) in [6, 6.07) is 18.5. The molecule has 190 valence electrons. The summed E-state index contributed by atoms with van der Waals surface area (Å²) in [6.07, 6.45) is 1.68. The van der Waals surface area contributed by atoms with Gasteiger partial charge in [-0.05, 0) is 48.4 Å². The van der Waals surface area contributed by atoms with Gasteiger partial charge in [0.05, 0.1) is 28.8 Å². The van der Waals surface area contributed by atoms with E-state index in [1.54, 1.807) is 29.2 Å². The number of amides is 2. The van der Waals surface area contributed by atoms with Gasteiger partial charge in [0.2, 0.25) is 0 Å². The third kappa shape index (κ3) is 6.12. The van der Waals surface area contributed by atoms with Crippen molar-refractivity contribution in [3.8, 4) is 11.5 Å². The first-order chi connectivity index (χ1) is 17.8. The molecule has 10 heteroatoms. The highest BCUT2D eigenvalue weighted by atomic mass is 35.5. The molecule has 37 heavy (non-hydrogen) atoms. The number of benzene rings is 3. The molecular weight excluding hydrogens is 535 g/mol. The van der Waals surface area contributed by atoms with E-state index in [0.29, 0.717) is 14.8 Å². The molecular formula is C27H22ClFN2O4S2. The summed E-state index contributed by atoms with van der Waals surface area (Å²) < 4.78 is 25.2. The number of hydrogen-bond donors (Lipinski definition) is 1. The van der Waals surface area contributed by atoms with Crippen LogP contribution in [-0.4, -0.2) is 34.8 Å². The van der Waals surface area contributed by atoms with E-state index in [1.807, 2.05) is 37.3 Å². The molecule has 0 saturated carbocycles. The van der Waals surface area contributed by atoms with Crippen LogP contribution >= 0.6 is 35.6 Å². The van der Waals surface area contributed by atoms with Crippen molar-refractivity contribution in [3.05, 3.63) is 93.6 Å². The first-order valence-corrected chi connectivity index (χ1v) is 12.8. The van der Waals surface area contributed by atoms with Gasteiger partial charge in [0, 0.05) is 0 Å². The van der Waals surface area contributed by atoms with Gasteiger partial charge in [0.15, 0.2) is 18.1 Å². The first kappa shape index (κ1) is 26.7. The number of ether oxygens (including phenoxy) is 2. The number of carbonyl (C=O) groups is 2. The van der Waals surface area contributed by atoms with Crippen LogP contribution in [0.3, 0.4) is 0 Å².